The molecular formula is C17H16O4. The maximum absolute atomic E-state index is 11.2. The second-order valence-electron chi connectivity index (χ2n) is 5.50. The minimum Gasteiger partial charge on any atom is -0.484 e. The molecule has 0 aliphatic carbocycles. The molecule has 0 atom stereocenters. The van der Waals surface area contributed by atoms with Gasteiger partial charge in [-0.1, -0.05) is 36.4 Å². The fourth-order valence-corrected chi connectivity index (χ4v) is 2.33. The molecule has 0 spiro atoms. The molecule has 1 heterocycles. The highest BCUT2D eigenvalue weighted by molar-refractivity contribution is 5.79. The van der Waals surface area contributed by atoms with Gasteiger partial charge >= 0.3 is 5.97 Å². The van der Waals surface area contributed by atoms with Crippen LogP contribution >= 0.6 is 0 Å². The number of carboxylic acid groups (broad SMARTS) is 1. The van der Waals surface area contributed by atoms with Gasteiger partial charge in [-0.15, -0.1) is 0 Å². The standard InChI is InChI=1S/C17H16O4/c1-17(2,16(18)19)21-14-9-5-8-13-12-7-4-3-6-11(12)10-20-15(13)14/h3-9H,10H2,1-2H3,(H,18,19). The molecule has 1 aliphatic rings. The molecule has 0 fully saturated rings. The third-order valence-corrected chi connectivity index (χ3v) is 3.54. The molecule has 0 saturated carbocycles. The van der Waals surface area contributed by atoms with E-state index in [0.29, 0.717) is 18.1 Å². The number of rotatable bonds is 3. The van der Waals surface area contributed by atoms with Gasteiger partial charge in [0.1, 0.15) is 6.61 Å². The van der Waals surface area contributed by atoms with Gasteiger partial charge in [-0.05, 0) is 31.0 Å². The monoisotopic (exact) mass is 284 g/mol. The van der Waals surface area contributed by atoms with Crippen LogP contribution in [0.5, 0.6) is 11.5 Å². The number of aliphatic carboxylic acids is 1. The number of hydrogen-bond donors (Lipinski definition) is 1. The molecule has 0 aromatic heterocycles. The van der Waals surface area contributed by atoms with Gasteiger partial charge in [0.25, 0.3) is 0 Å². The quantitative estimate of drug-likeness (QED) is 0.937. The molecule has 0 saturated heterocycles. The van der Waals surface area contributed by atoms with Crippen molar-refractivity contribution < 1.29 is 19.4 Å². The molecule has 0 bridgehead atoms. The summed E-state index contributed by atoms with van der Waals surface area (Å²) in [6, 6.07) is 13.5. The van der Waals surface area contributed by atoms with Gasteiger partial charge in [-0.25, -0.2) is 4.79 Å². The van der Waals surface area contributed by atoms with Crippen LogP contribution in [0, 0.1) is 0 Å². The number of para-hydroxylation sites is 1. The fraction of sp³-hybridized carbons (Fsp3) is 0.235. The summed E-state index contributed by atoms with van der Waals surface area (Å²) in [7, 11) is 0. The minimum absolute atomic E-state index is 0.453. The number of hydrogen-bond acceptors (Lipinski definition) is 3. The lowest BCUT2D eigenvalue weighted by atomic mass is 9.97. The number of ether oxygens (including phenoxy) is 2. The van der Waals surface area contributed by atoms with Gasteiger partial charge < -0.3 is 14.6 Å². The molecule has 2 aromatic carbocycles. The second-order valence-corrected chi connectivity index (χ2v) is 5.50. The van der Waals surface area contributed by atoms with E-state index in [0.717, 1.165) is 16.7 Å². The summed E-state index contributed by atoms with van der Waals surface area (Å²) in [6.45, 7) is 3.49. The molecule has 0 amide bonds. The molecule has 3 rings (SSSR count). The largest absolute Gasteiger partial charge is 0.484 e. The molecule has 0 unspecified atom stereocenters. The lowest BCUT2D eigenvalue weighted by Crippen LogP contribution is -2.38. The first-order chi connectivity index (χ1) is 9.99. The first-order valence-corrected chi connectivity index (χ1v) is 6.75. The molecule has 21 heavy (non-hydrogen) atoms. The van der Waals surface area contributed by atoms with E-state index in [4.69, 9.17) is 9.47 Å². The highest BCUT2D eigenvalue weighted by Crippen LogP contribution is 2.44. The average Bonchev–Trinajstić information content (AvgIpc) is 2.47. The number of fused-ring (bicyclic) bond motifs is 3. The zero-order valence-corrected chi connectivity index (χ0v) is 11.9. The van der Waals surface area contributed by atoms with Gasteiger partial charge in [-0.3, -0.25) is 0 Å². The summed E-state index contributed by atoms with van der Waals surface area (Å²) in [5.41, 5.74) is 1.82. The van der Waals surface area contributed by atoms with E-state index < -0.39 is 11.6 Å². The highest BCUT2D eigenvalue weighted by atomic mass is 16.5. The first-order valence-electron chi connectivity index (χ1n) is 6.75. The summed E-state index contributed by atoms with van der Waals surface area (Å²) in [4.78, 5) is 11.2. The fourth-order valence-electron chi connectivity index (χ4n) is 2.33. The van der Waals surface area contributed by atoms with Gasteiger partial charge in [0.2, 0.25) is 0 Å². The van der Waals surface area contributed by atoms with Crippen LogP contribution in [0.15, 0.2) is 42.5 Å². The van der Waals surface area contributed by atoms with E-state index >= 15 is 0 Å². The molecular weight excluding hydrogens is 268 g/mol. The predicted octanol–water partition coefficient (Wildman–Crippen LogP) is 3.49. The molecule has 1 N–H and O–H groups in total. The van der Waals surface area contributed by atoms with Gasteiger partial charge in [0.15, 0.2) is 17.1 Å². The molecule has 0 radical (unpaired) electrons. The SMILES string of the molecule is CC(C)(Oc1cccc2c1OCc1ccccc1-2)C(=O)O. The van der Waals surface area contributed by atoms with Crippen molar-refractivity contribution in [2.24, 2.45) is 0 Å². The molecule has 1 aliphatic heterocycles. The molecule has 4 heteroatoms. The van der Waals surface area contributed by atoms with E-state index in [-0.39, 0.29) is 0 Å². The summed E-state index contributed by atoms with van der Waals surface area (Å²) in [5.74, 6) is 0.0382. The second kappa shape index (κ2) is 4.81. The summed E-state index contributed by atoms with van der Waals surface area (Å²) in [5, 5.41) is 9.20. The van der Waals surface area contributed by atoms with Crippen molar-refractivity contribution in [1.82, 2.24) is 0 Å². The Morgan fingerprint density at radius 1 is 1.14 bits per heavy atom. The average molecular weight is 284 g/mol. The lowest BCUT2D eigenvalue weighted by molar-refractivity contribution is -0.152. The third kappa shape index (κ3) is 2.33. The Bertz CT molecular complexity index is 704. The Morgan fingerprint density at radius 2 is 1.86 bits per heavy atom. The van der Waals surface area contributed by atoms with Crippen molar-refractivity contribution >= 4 is 5.97 Å². The van der Waals surface area contributed by atoms with Crippen LogP contribution in [0.25, 0.3) is 11.1 Å². The van der Waals surface area contributed by atoms with Crippen LogP contribution in [0.2, 0.25) is 0 Å². The van der Waals surface area contributed by atoms with E-state index in [1.165, 1.54) is 13.8 Å². The smallest absolute Gasteiger partial charge is 0.347 e. The predicted molar refractivity (Wildman–Crippen MR) is 78.6 cm³/mol. The van der Waals surface area contributed by atoms with Gasteiger partial charge in [-0.2, -0.15) is 0 Å². The Morgan fingerprint density at radius 3 is 2.62 bits per heavy atom. The maximum Gasteiger partial charge on any atom is 0.347 e. The Kier molecular flexibility index (Phi) is 3.09. The number of carbonyl (C=O) groups is 1. The van der Waals surface area contributed by atoms with Crippen LogP contribution in [-0.2, 0) is 11.4 Å². The van der Waals surface area contributed by atoms with Crippen molar-refractivity contribution in [3.8, 4) is 22.6 Å². The van der Waals surface area contributed by atoms with E-state index in [1.54, 1.807) is 6.07 Å². The Balaban J connectivity index is 2.06. The van der Waals surface area contributed by atoms with E-state index in [1.807, 2.05) is 36.4 Å². The molecule has 108 valence electrons. The number of benzene rings is 2. The zero-order valence-electron chi connectivity index (χ0n) is 11.9. The normalized spacial score (nSPS) is 12.9. The molecule has 4 nitrogen and oxygen atoms in total. The van der Waals surface area contributed by atoms with Crippen LogP contribution in [-0.4, -0.2) is 16.7 Å². The Labute approximate surface area is 122 Å². The van der Waals surface area contributed by atoms with E-state index in [2.05, 4.69) is 0 Å². The van der Waals surface area contributed by atoms with Gasteiger partial charge in [0, 0.05) is 5.56 Å². The first kappa shape index (κ1) is 13.5. The van der Waals surface area contributed by atoms with Crippen molar-refractivity contribution in [3.63, 3.8) is 0 Å². The van der Waals surface area contributed by atoms with Crippen LogP contribution in [0.1, 0.15) is 19.4 Å². The Hall–Kier alpha value is -2.49. The van der Waals surface area contributed by atoms with Crippen molar-refractivity contribution in [2.75, 3.05) is 0 Å². The molecule has 2 aromatic rings. The van der Waals surface area contributed by atoms with Crippen molar-refractivity contribution in [2.45, 2.75) is 26.1 Å². The van der Waals surface area contributed by atoms with Crippen molar-refractivity contribution in [1.29, 1.82) is 0 Å². The van der Waals surface area contributed by atoms with Gasteiger partial charge in [0.05, 0.1) is 0 Å². The zero-order chi connectivity index (χ0) is 15.0. The lowest BCUT2D eigenvalue weighted by Gasteiger charge is -2.27. The highest BCUT2D eigenvalue weighted by Gasteiger charge is 2.31. The summed E-state index contributed by atoms with van der Waals surface area (Å²) >= 11 is 0. The summed E-state index contributed by atoms with van der Waals surface area (Å²) < 4.78 is 11.4. The minimum atomic E-state index is -1.31. The number of carboxylic acids is 1. The van der Waals surface area contributed by atoms with Crippen LogP contribution in [0.3, 0.4) is 0 Å². The van der Waals surface area contributed by atoms with Crippen molar-refractivity contribution in [3.05, 3.63) is 48.0 Å². The maximum atomic E-state index is 11.2. The topological polar surface area (TPSA) is 55.8 Å². The van der Waals surface area contributed by atoms with Crippen LogP contribution in [0.4, 0.5) is 0 Å². The third-order valence-electron chi connectivity index (χ3n) is 3.54. The summed E-state index contributed by atoms with van der Waals surface area (Å²) in [6.07, 6.45) is 0. The van der Waals surface area contributed by atoms with Crippen LogP contribution < -0.4 is 9.47 Å². The van der Waals surface area contributed by atoms with E-state index in [9.17, 15) is 9.90 Å².